The van der Waals surface area contributed by atoms with Gasteiger partial charge in [-0.25, -0.2) is 9.97 Å². The number of ether oxygens (including phenoxy) is 2. The number of aliphatic hydroxyl groups excluding tert-OH is 1. The van der Waals surface area contributed by atoms with Crippen LogP contribution in [0.1, 0.15) is 52.1 Å². The smallest absolute Gasteiger partial charge is 0.271 e. The van der Waals surface area contributed by atoms with E-state index < -0.39 is 6.29 Å². The molecular formula is C36H32N4O4S2. The predicted molar refractivity (Wildman–Crippen MR) is 180 cm³/mol. The average molecular weight is 649 g/mol. The zero-order valence-corrected chi connectivity index (χ0v) is 26.7. The first-order valence-electron chi connectivity index (χ1n) is 15.1. The lowest BCUT2D eigenvalue weighted by atomic mass is 9.91. The van der Waals surface area contributed by atoms with Gasteiger partial charge in [-0.05, 0) is 41.0 Å². The Morgan fingerprint density at radius 2 is 1.54 bits per heavy atom. The van der Waals surface area contributed by atoms with Crippen LogP contribution in [0.3, 0.4) is 0 Å². The van der Waals surface area contributed by atoms with E-state index >= 15 is 0 Å². The molecule has 4 atom stereocenters. The molecular weight excluding hydrogens is 617 g/mol. The first-order chi connectivity index (χ1) is 22.5. The number of hydrogen-bond acceptors (Lipinski definition) is 9. The Labute approximate surface area is 274 Å². The maximum atomic E-state index is 12.8. The normalized spacial score (nSPS) is 19.8. The van der Waals surface area contributed by atoms with Crippen LogP contribution in [0, 0.1) is 5.92 Å². The van der Waals surface area contributed by atoms with Crippen molar-refractivity contribution in [2.75, 3.05) is 5.75 Å². The summed E-state index contributed by atoms with van der Waals surface area (Å²) in [7, 11) is 0. The molecule has 1 aliphatic rings. The van der Waals surface area contributed by atoms with Crippen molar-refractivity contribution in [3.05, 3.63) is 131 Å². The minimum atomic E-state index is -0.573. The number of hydrogen-bond donors (Lipinski definition) is 2. The third kappa shape index (κ3) is 6.67. The van der Waals surface area contributed by atoms with E-state index in [1.165, 1.54) is 10.9 Å². The molecule has 0 bridgehead atoms. The molecule has 2 aromatic heterocycles. The van der Waals surface area contributed by atoms with Gasteiger partial charge >= 0.3 is 0 Å². The molecule has 8 nitrogen and oxygen atoms in total. The molecule has 1 saturated heterocycles. The zero-order valence-electron chi connectivity index (χ0n) is 25.1. The van der Waals surface area contributed by atoms with Crippen LogP contribution < -0.4 is 5.32 Å². The number of nitrogens with one attached hydrogen (secondary N) is 1. The maximum Gasteiger partial charge on any atom is 0.271 e. The maximum absolute atomic E-state index is 12.8. The number of nitrogens with zero attached hydrogens (tertiary/aromatic N) is 3. The van der Waals surface area contributed by atoms with Gasteiger partial charge in [0.1, 0.15) is 5.69 Å². The zero-order chi connectivity index (χ0) is 31.5. The molecule has 232 valence electrons. The molecule has 1 amide bonds. The second-order valence-electron chi connectivity index (χ2n) is 11.2. The molecule has 0 unspecified atom stereocenters. The molecule has 1 aliphatic heterocycles. The Bertz CT molecular complexity index is 1930. The third-order valence-electron chi connectivity index (χ3n) is 8.15. The van der Waals surface area contributed by atoms with E-state index in [-0.39, 0.29) is 36.3 Å². The number of thioether (sulfide) groups is 1. The van der Waals surface area contributed by atoms with Gasteiger partial charge in [0.2, 0.25) is 0 Å². The Hall–Kier alpha value is -4.19. The van der Waals surface area contributed by atoms with Gasteiger partial charge < -0.3 is 19.9 Å². The highest BCUT2D eigenvalue weighted by atomic mass is 32.2. The number of rotatable bonds is 9. The van der Waals surface area contributed by atoms with Crippen molar-refractivity contribution in [1.82, 2.24) is 20.3 Å². The fraction of sp³-hybridized carbons (Fsp3) is 0.222. The van der Waals surface area contributed by atoms with E-state index in [4.69, 9.17) is 14.5 Å². The SMILES string of the molecule is C[C@@H]1[C@H](CSc2nc3ccccc3s2)O[C@H](c2ccc(CNC(=O)c3cnc4ccccc4n3)cc2)O[C@@H]1c1ccc(CO)cc1. The standard InChI is InChI=1S/C36H32N4O4S2/c1-22-31(21-45-36-40-29-8-4-5-9-32(29)46-36)43-35(44-33(22)25-14-12-24(20-41)13-15-25)26-16-10-23(11-17-26)18-38-34(42)30-19-37-27-6-2-3-7-28(27)39-30/h2-17,19,22,31,33,35,41H,18,20-21H2,1H3,(H,38,42)/t22-,31+,33+,35+/m1/s1. The van der Waals surface area contributed by atoms with Gasteiger partial charge in [0.25, 0.3) is 5.91 Å². The lowest BCUT2D eigenvalue weighted by molar-refractivity contribution is -0.268. The lowest BCUT2D eigenvalue weighted by Crippen LogP contribution is -2.38. The predicted octanol–water partition coefficient (Wildman–Crippen LogP) is 7.25. The fourth-order valence-electron chi connectivity index (χ4n) is 5.51. The quantitative estimate of drug-likeness (QED) is 0.158. The summed E-state index contributed by atoms with van der Waals surface area (Å²) >= 11 is 3.41. The van der Waals surface area contributed by atoms with E-state index in [0.717, 1.165) is 43.4 Å². The Kier molecular flexibility index (Phi) is 9.05. The molecule has 0 saturated carbocycles. The third-order valence-corrected chi connectivity index (χ3v) is 10.4. The highest BCUT2D eigenvalue weighted by Crippen LogP contribution is 2.43. The van der Waals surface area contributed by atoms with E-state index in [9.17, 15) is 9.90 Å². The van der Waals surface area contributed by atoms with E-state index in [1.807, 2.05) is 91.0 Å². The number of benzene rings is 4. The molecule has 0 aliphatic carbocycles. The minimum absolute atomic E-state index is 0.00299. The molecule has 2 N–H and O–H groups in total. The molecule has 0 spiro atoms. The van der Waals surface area contributed by atoms with Gasteiger partial charge in [0.05, 0.1) is 46.3 Å². The van der Waals surface area contributed by atoms with Gasteiger partial charge in [-0.3, -0.25) is 9.78 Å². The van der Waals surface area contributed by atoms with Crippen molar-refractivity contribution >= 4 is 50.3 Å². The average Bonchev–Trinajstić information content (AvgIpc) is 3.53. The van der Waals surface area contributed by atoms with Gasteiger partial charge in [0, 0.05) is 23.8 Å². The van der Waals surface area contributed by atoms with Gasteiger partial charge in [0.15, 0.2) is 10.6 Å². The van der Waals surface area contributed by atoms with E-state index in [1.54, 1.807) is 23.1 Å². The fourth-order valence-corrected chi connectivity index (χ4v) is 7.77. The minimum Gasteiger partial charge on any atom is -0.392 e. The first kappa shape index (κ1) is 30.5. The highest BCUT2D eigenvalue weighted by molar-refractivity contribution is 8.01. The second-order valence-corrected chi connectivity index (χ2v) is 13.5. The Morgan fingerprint density at radius 1 is 0.848 bits per heavy atom. The van der Waals surface area contributed by atoms with Crippen molar-refractivity contribution in [2.45, 2.75) is 42.9 Å². The molecule has 4 aromatic carbocycles. The van der Waals surface area contributed by atoms with Gasteiger partial charge in [-0.1, -0.05) is 91.5 Å². The van der Waals surface area contributed by atoms with Crippen LogP contribution in [-0.2, 0) is 22.6 Å². The summed E-state index contributed by atoms with van der Waals surface area (Å²) in [6, 6.07) is 31.5. The summed E-state index contributed by atoms with van der Waals surface area (Å²) in [5.74, 6) is 0.526. The van der Waals surface area contributed by atoms with E-state index in [2.05, 4.69) is 28.3 Å². The lowest BCUT2D eigenvalue weighted by Gasteiger charge is -2.41. The van der Waals surface area contributed by atoms with Crippen LogP contribution >= 0.6 is 23.1 Å². The molecule has 3 heterocycles. The Morgan fingerprint density at radius 3 is 2.30 bits per heavy atom. The summed E-state index contributed by atoms with van der Waals surface area (Å²) in [5, 5.41) is 12.5. The van der Waals surface area contributed by atoms with Gasteiger partial charge in [-0.2, -0.15) is 0 Å². The van der Waals surface area contributed by atoms with Gasteiger partial charge in [-0.15, -0.1) is 11.3 Å². The van der Waals surface area contributed by atoms with Crippen LogP contribution in [0.4, 0.5) is 0 Å². The van der Waals surface area contributed by atoms with Crippen LogP contribution in [0.5, 0.6) is 0 Å². The summed E-state index contributed by atoms with van der Waals surface area (Å²) in [4.78, 5) is 26.4. The Balaban J connectivity index is 1.05. The molecule has 6 aromatic rings. The number of fused-ring (bicyclic) bond motifs is 2. The number of aromatic nitrogens is 3. The largest absolute Gasteiger partial charge is 0.392 e. The summed E-state index contributed by atoms with van der Waals surface area (Å²) in [6.07, 6.45) is 0.629. The number of amides is 1. The van der Waals surface area contributed by atoms with E-state index in [0.29, 0.717) is 12.1 Å². The summed E-state index contributed by atoms with van der Waals surface area (Å²) < 4.78 is 15.4. The monoisotopic (exact) mass is 648 g/mol. The topological polar surface area (TPSA) is 106 Å². The van der Waals surface area contributed by atoms with Crippen molar-refractivity contribution < 1.29 is 19.4 Å². The van der Waals surface area contributed by atoms with Crippen molar-refractivity contribution in [2.24, 2.45) is 5.92 Å². The number of para-hydroxylation sites is 3. The number of carbonyl (C=O) groups excluding carboxylic acids is 1. The van der Waals surface area contributed by atoms with Crippen molar-refractivity contribution in [3.8, 4) is 0 Å². The van der Waals surface area contributed by atoms with Crippen LogP contribution in [0.25, 0.3) is 21.3 Å². The molecule has 1 fully saturated rings. The van der Waals surface area contributed by atoms with Crippen molar-refractivity contribution in [3.63, 3.8) is 0 Å². The van der Waals surface area contributed by atoms with Crippen LogP contribution in [-0.4, -0.2) is 37.8 Å². The highest BCUT2D eigenvalue weighted by Gasteiger charge is 2.38. The van der Waals surface area contributed by atoms with Crippen LogP contribution in [0.2, 0.25) is 0 Å². The molecule has 10 heteroatoms. The molecule has 0 radical (unpaired) electrons. The van der Waals surface area contributed by atoms with Crippen molar-refractivity contribution in [1.29, 1.82) is 0 Å². The summed E-state index contributed by atoms with van der Waals surface area (Å²) in [6.45, 7) is 2.51. The number of carbonyl (C=O) groups is 1. The number of aliphatic hydroxyl groups is 1. The second kappa shape index (κ2) is 13.7. The molecule has 7 rings (SSSR count). The van der Waals surface area contributed by atoms with Crippen LogP contribution in [0.15, 0.2) is 108 Å². The summed E-state index contributed by atoms with van der Waals surface area (Å²) in [5.41, 5.74) is 6.46. The first-order valence-corrected chi connectivity index (χ1v) is 16.9. The molecule has 46 heavy (non-hydrogen) atoms. The number of thiazole rings is 1.